The molecular weight excluding hydrogens is 498 g/mol. The second kappa shape index (κ2) is 12.6. The van der Waals surface area contributed by atoms with Crippen molar-refractivity contribution in [2.24, 2.45) is 0 Å². The fraction of sp³-hybridized carbons (Fsp3) is 0.481. The second-order valence-corrected chi connectivity index (χ2v) is 11.7. The first-order valence-corrected chi connectivity index (χ1v) is 14.7. The summed E-state index contributed by atoms with van der Waals surface area (Å²) < 4.78 is 26.6. The summed E-state index contributed by atoms with van der Waals surface area (Å²) in [6.45, 7) is 3.47. The average Bonchev–Trinajstić information content (AvgIpc) is 3.35. The van der Waals surface area contributed by atoms with Crippen molar-refractivity contribution in [2.75, 3.05) is 23.7 Å². The van der Waals surface area contributed by atoms with Crippen LogP contribution < -0.4 is 9.62 Å². The average molecular weight is 534 g/mol. The van der Waals surface area contributed by atoms with E-state index in [4.69, 9.17) is 11.6 Å². The van der Waals surface area contributed by atoms with Crippen LogP contribution in [0.1, 0.15) is 50.2 Å². The van der Waals surface area contributed by atoms with Crippen LogP contribution in [0.3, 0.4) is 0 Å². The highest BCUT2D eigenvalue weighted by atomic mass is 35.5. The molecule has 1 N–H and O–H groups in total. The minimum Gasteiger partial charge on any atom is -0.352 e. The highest BCUT2D eigenvalue weighted by Gasteiger charge is 2.33. The molecule has 3 rings (SSSR count). The Labute approximate surface area is 219 Å². The SMILES string of the molecule is CC[C@@H](C(=O)NC1CCCC1)N(CCc1ccccc1)C(=O)CN(c1cccc(Cl)c1C)S(C)(=O)=O. The smallest absolute Gasteiger partial charge is 0.244 e. The normalized spacial score (nSPS) is 14.9. The first-order valence-electron chi connectivity index (χ1n) is 12.5. The molecule has 0 bridgehead atoms. The van der Waals surface area contributed by atoms with Crippen molar-refractivity contribution < 1.29 is 18.0 Å². The van der Waals surface area contributed by atoms with E-state index in [2.05, 4.69) is 5.32 Å². The Morgan fingerprint density at radius 3 is 2.36 bits per heavy atom. The first kappa shape index (κ1) is 28.0. The molecule has 1 aliphatic carbocycles. The lowest BCUT2D eigenvalue weighted by Gasteiger charge is -2.33. The number of hydrogen-bond acceptors (Lipinski definition) is 4. The van der Waals surface area contributed by atoms with E-state index >= 15 is 0 Å². The molecule has 1 fully saturated rings. The third kappa shape index (κ3) is 7.23. The molecule has 0 unspecified atom stereocenters. The number of carbonyl (C=O) groups excluding carboxylic acids is 2. The molecule has 9 heteroatoms. The molecule has 0 spiro atoms. The van der Waals surface area contributed by atoms with E-state index in [1.807, 2.05) is 37.3 Å². The number of amides is 2. The second-order valence-electron chi connectivity index (χ2n) is 9.39. The minimum atomic E-state index is -3.80. The molecule has 1 atom stereocenters. The third-order valence-corrected chi connectivity index (χ3v) is 8.29. The third-order valence-electron chi connectivity index (χ3n) is 6.76. The van der Waals surface area contributed by atoms with Crippen LogP contribution in [0.15, 0.2) is 48.5 Å². The lowest BCUT2D eigenvalue weighted by molar-refractivity contribution is -0.139. The van der Waals surface area contributed by atoms with Crippen LogP contribution in [-0.2, 0) is 26.0 Å². The molecule has 2 aromatic rings. The van der Waals surface area contributed by atoms with Crippen LogP contribution in [0.5, 0.6) is 0 Å². The number of anilines is 1. The van der Waals surface area contributed by atoms with Crippen LogP contribution >= 0.6 is 11.6 Å². The van der Waals surface area contributed by atoms with Crippen molar-refractivity contribution >= 4 is 39.1 Å². The fourth-order valence-corrected chi connectivity index (χ4v) is 5.79. The Kier molecular flexibility index (Phi) is 9.79. The Balaban J connectivity index is 1.89. The van der Waals surface area contributed by atoms with Crippen LogP contribution in [0.25, 0.3) is 0 Å². The van der Waals surface area contributed by atoms with Gasteiger partial charge in [0, 0.05) is 17.6 Å². The van der Waals surface area contributed by atoms with Gasteiger partial charge in [0.05, 0.1) is 11.9 Å². The zero-order chi connectivity index (χ0) is 26.3. The van der Waals surface area contributed by atoms with E-state index in [1.165, 1.54) is 4.90 Å². The van der Waals surface area contributed by atoms with Crippen molar-refractivity contribution in [1.29, 1.82) is 0 Å². The molecule has 36 heavy (non-hydrogen) atoms. The van der Waals surface area contributed by atoms with E-state index in [0.29, 0.717) is 35.7 Å². The number of sulfonamides is 1. The van der Waals surface area contributed by atoms with E-state index in [-0.39, 0.29) is 11.9 Å². The van der Waals surface area contributed by atoms with Gasteiger partial charge in [0.25, 0.3) is 0 Å². The zero-order valence-corrected chi connectivity index (χ0v) is 22.8. The van der Waals surface area contributed by atoms with Crippen molar-refractivity contribution in [1.82, 2.24) is 10.2 Å². The van der Waals surface area contributed by atoms with Crippen molar-refractivity contribution in [2.45, 2.75) is 64.5 Å². The number of nitrogens with one attached hydrogen (secondary N) is 1. The van der Waals surface area contributed by atoms with Gasteiger partial charge in [0.15, 0.2) is 0 Å². The van der Waals surface area contributed by atoms with Gasteiger partial charge in [-0.2, -0.15) is 0 Å². The Morgan fingerprint density at radius 2 is 1.75 bits per heavy atom. The van der Waals surface area contributed by atoms with Gasteiger partial charge in [-0.15, -0.1) is 0 Å². The van der Waals surface area contributed by atoms with Crippen molar-refractivity contribution in [3.05, 3.63) is 64.7 Å². The molecule has 1 aliphatic rings. The van der Waals surface area contributed by atoms with Gasteiger partial charge in [0.1, 0.15) is 12.6 Å². The summed E-state index contributed by atoms with van der Waals surface area (Å²) >= 11 is 6.25. The molecule has 1 saturated carbocycles. The summed E-state index contributed by atoms with van der Waals surface area (Å²) in [5.41, 5.74) is 1.95. The lowest BCUT2D eigenvalue weighted by Crippen LogP contribution is -2.54. The largest absolute Gasteiger partial charge is 0.352 e. The number of hydrogen-bond donors (Lipinski definition) is 1. The summed E-state index contributed by atoms with van der Waals surface area (Å²) in [6, 6.07) is 14.1. The van der Waals surface area contributed by atoms with E-state index in [0.717, 1.165) is 41.8 Å². The summed E-state index contributed by atoms with van der Waals surface area (Å²) in [6.07, 6.45) is 6.09. The predicted molar refractivity (Wildman–Crippen MR) is 145 cm³/mol. The fourth-order valence-electron chi connectivity index (χ4n) is 4.72. The number of carbonyl (C=O) groups is 2. The molecule has 0 aliphatic heterocycles. The molecule has 0 aromatic heterocycles. The maximum Gasteiger partial charge on any atom is 0.244 e. The standard InChI is InChI=1S/C27H36ClN3O4S/c1-4-24(27(33)29-22-13-8-9-14-22)30(18-17-21-11-6-5-7-12-21)26(32)19-31(36(3,34)35)25-16-10-15-23(28)20(25)2/h5-7,10-12,15-16,22,24H,4,8-9,13-14,17-19H2,1-3H3,(H,29,33)/t24-/m0/s1. The molecule has 196 valence electrons. The highest BCUT2D eigenvalue weighted by Crippen LogP contribution is 2.28. The van der Waals surface area contributed by atoms with Gasteiger partial charge in [-0.25, -0.2) is 8.42 Å². The van der Waals surface area contributed by atoms with Crippen molar-refractivity contribution in [3.8, 4) is 0 Å². The topological polar surface area (TPSA) is 86.8 Å². The molecule has 0 heterocycles. The van der Waals surface area contributed by atoms with Gasteiger partial charge in [-0.3, -0.25) is 13.9 Å². The summed E-state index contributed by atoms with van der Waals surface area (Å²) in [4.78, 5) is 28.6. The van der Waals surface area contributed by atoms with Crippen molar-refractivity contribution in [3.63, 3.8) is 0 Å². The van der Waals surface area contributed by atoms with E-state index in [9.17, 15) is 18.0 Å². The maximum atomic E-state index is 13.7. The molecular formula is C27H36ClN3O4S. The monoisotopic (exact) mass is 533 g/mol. The zero-order valence-electron chi connectivity index (χ0n) is 21.2. The van der Waals surface area contributed by atoms with Crippen LogP contribution in [0, 0.1) is 6.92 Å². The van der Waals surface area contributed by atoms with Gasteiger partial charge in [0.2, 0.25) is 21.8 Å². The Morgan fingerprint density at radius 1 is 1.08 bits per heavy atom. The quantitative estimate of drug-likeness (QED) is 0.466. The van der Waals surface area contributed by atoms with Crippen LogP contribution in [-0.4, -0.2) is 56.6 Å². The van der Waals surface area contributed by atoms with E-state index < -0.39 is 28.5 Å². The molecule has 2 amide bonds. The van der Waals surface area contributed by atoms with E-state index in [1.54, 1.807) is 25.1 Å². The number of benzene rings is 2. The molecule has 0 radical (unpaired) electrons. The summed E-state index contributed by atoms with van der Waals surface area (Å²) in [5.74, 6) is -0.611. The van der Waals surface area contributed by atoms with Gasteiger partial charge in [-0.05, 0) is 55.9 Å². The molecule has 7 nitrogen and oxygen atoms in total. The number of halogens is 1. The number of nitrogens with zero attached hydrogens (tertiary/aromatic N) is 2. The Hall–Kier alpha value is -2.58. The predicted octanol–water partition coefficient (Wildman–Crippen LogP) is 4.32. The Bertz CT molecular complexity index is 1150. The molecule has 2 aromatic carbocycles. The minimum absolute atomic E-state index is 0.124. The summed E-state index contributed by atoms with van der Waals surface area (Å²) in [7, 11) is -3.80. The first-order chi connectivity index (χ1) is 17.1. The number of rotatable bonds is 11. The van der Waals surface area contributed by atoms with Gasteiger partial charge in [-0.1, -0.05) is 67.8 Å². The molecule has 0 saturated heterocycles. The summed E-state index contributed by atoms with van der Waals surface area (Å²) in [5, 5.41) is 3.53. The lowest BCUT2D eigenvalue weighted by atomic mass is 10.1. The van der Waals surface area contributed by atoms with Crippen LogP contribution in [0.4, 0.5) is 5.69 Å². The van der Waals surface area contributed by atoms with Gasteiger partial charge < -0.3 is 10.2 Å². The maximum absolute atomic E-state index is 13.7. The van der Waals surface area contributed by atoms with Gasteiger partial charge >= 0.3 is 0 Å². The van der Waals surface area contributed by atoms with Crippen LogP contribution in [0.2, 0.25) is 5.02 Å². The highest BCUT2D eigenvalue weighted by molar-refractivity contribution is 7.92.